The van der Waals surface area contributed by atoms with E-state index in [1.165, 1.54) is 12.1 Å². The molecule has 0 aliphatic heterocycles. The lowest BCUT2D eigenvalue weighted by atomic mass is 10.0. The summed E-state index contributed by atoms with van der Waals surface area (Å²) < 4.78 is 0.655. The van der Waals surface area contributed by atoms with Crippen LogP contribution in [0.5, 0.6) is 0 Å². The summed E-state index contributed by atoms with van der Waals surface area (Å²) in [5.74, 6) is -2.29. The number of rotatable bonds is 3. The van der Waals surface area contributed by atoms with Crippen molar-refractivity contribution in [2.24, 2.45) is 7.05 Å². The van der Waals surface area contributed by atoms with Gasteiger partial charge in [-0.1, -0.05) is 30.3 Å². The van der Waals surface area contributed by atoms with Crippen molar-refractivity contribution in [3.05, 3.63) is 68.0 Å². The second-order valence-corrected chi connectivity index (χ2v) is 4.04. The van der Waals surface area contributed by atoms with Gasteiger partial charge in [0, 0.05) is 12.6 Å². The molecule has 0 spiro atoms. The molecule has 0 saturated heterocycles. The summed E-state index contributed by atoms with van der Waals surface area (Å²) in [4.78, 5) is 48.8. The third-order valence-corrected chi connectivity index (χ3v) is 2.78. The Kier molecular flexibility index (Phi) is 4.56. The summed E-state index contributed by atoms with van der Waals surface area (Å²) in [6, 6.07) is 7.77. The minimum atomic E-state index is -1.54. The average molecular weight is 292 g/mol. The Balaban J connectivity index is 0.00000220. The number of hydrogen-bond donors (Lipinski definition) is 2. The molecule has 0 saturated carbocycles. The van der Waals surface area contributed by atoms with Crippen LogP contribution in [-0.2, 0) is 7.05 Å². The van der Waals surface area contributed by atoms with Gasteiger partial charge in [0.2, 0.25) is 5.78 Å². The molecule has 8 heteroatoms. The zero-order valence-electron chi connectivity index (χ0n) is 10.9. The second kappa shape index (κ2) is 5.97. The Labute approximate surface area is 117 Å². The van der Waals surface area contributed by atoms with Crippen molar-refractivity contribution in [2.75, 3.05) is 0 Å². The van der Waals surface area contributed by atoms with Crippen LogP contribution in [0.4, 0.5) is 0 Å². The van der Waals surface area contributed by atoms with Gasteiger partial charge in [0.05, 0.1) is 0 Å². The molecule has 1 aromatic carbocycles. The number of carboxylic acid groups (broad SMARTS) is 1. The normalized spacial score (nSPS) is 9.76. The molecule has 1 heterocycles. The minimum Gasteiger partial charge on any atom is -0.477 e. The number of H-pyrrole nitrogens is 1. The molecule has 21 heavy (non-hydrogen) atoms. The van der Waals surface area contributed by atoms with Crippen LogP contribution in [0.2, 0.25) is 0 Å². The highest BCUT2D eigenvalue weighted by atomic mass is 16.4. The fourth-order valence-corrected chi connectivity index (χ4v) is 1.73. The highest BCUT2D eigenvalue weighted by molar-refractivity contribution is 6.13. The molecule has 0 fully saturated rings. The molecule has 0 aliphatic carbocycles. The maximum absolute atomic E-state index is 12.3. The predicted molar refractivity (Wildman–Crippen MR) is 72.8 cm³/mol. The van der Waals surface area contributed by atoms with Crippen molar-refractivity contribution < 1.29 is 20.2 Å². The summed E-state index contributed by atoms with van der Waals surface area (Å²) in [5.41, 5.74) is -2.94. The van der Waals surface area contributed by atoms with E-state index >= 15 is 0 Å². The second-order valence-electron chi connectivity index (χ2n) is 4.04. The van der Waals surface area contributed by atoms with E-state index in [-0.39, 0.29) is 11.0 Å². The summed E-state index contributed by atoms with van der Waals surface area (Å²) in [6.45, 7) is 0. The molecule has 0 unspecified atom stereocenters. The summed E-state index contributed by atoms with van der Waals surface area (Å²) in [7, 11) is 1.16. The lowest BCUT2D eigenvalue weighted by molar-refractivity contribution is 0.0684. The van der Waals surface area contributed by atoms with Gasteiger partial charge in [-0.25, -0.2) is 9.59 Å². The van der Waals surface area contributed by atoms with E-state index in [2.05, 4.69) is 0 Å². The van der Waals surface area contributed by atoms with Crippen molar-refractivity contribution in [2.45, 2.75) is 0 Å². The number of carboxylic acids is 1. The van der Waals surface area contributed by atoms with Crippen molar-refractivity contribution >= 4 is 11.8 Å². The van der Waals surface area contributed by atoms with Gasteiger partial charge in [-0.05, 0) is 0 Å². The number of ketones is 1. The molecule has 8 nitrogen and oxygen atoms in total. The molecule has 0 radical (unpaired) electrons. The monoisotopic (exact) mass is 292 g/mol. The van der Waals surface area contributed by atoms with E-state index in [1.807, 2.05) is 4.98 Å². The molecular formula is C13H12N2O6. The molecule has 2 aromatic rings. The maximum atomic E-state index is 12.3. The SMILES string of the molecule is Cn1c(=O)[nH]c(C(=O)O)c(C(=O)c2ccccc2)c1=O.O. The lowest BCUT2D eigenvalue weighted by Gasteiger charge is -2.06. The van der Waals surface area contributed by atoms with E-state index < -0.39 is 34.3 Å². The largest absolute Gasteiger partial charge is 0.477 e. The number of aromatic carboxylic acids is 1. The zero-order chi connectivity index (χ0) is 14.9. The Bertz CT molecular complexity index is 804. The Morgan fingerprint density at radius 3 is 2.24 bits per heavy atom. The van der Waals surface area contributed by atoms with Gasteiger partial charge in [-0.15, -0.1) is 0 Å². The highest BCUT2D eigenvalue weighted by Crippen LogP contribution is 2.08. The molecule has 2 rings (SSSR count). The highest BCUT2D eigenvalue weighted by Gasteiger charge is 2.24. The third kappa shape index (κ3) is 2.79. The number of benzene rings is 1. The van der Waals surface area contributed by atoms with Gasteiger partial charge < -0.3 is 15.6 Å². The van der Waals surface area contributed by atoms with Gasteiger partial charge in [0.25, 0.3) is 5.56 Å². The van der Waals surface area contributed by atoms with Crippen molar-refractivity contribution in [1.82, 2.24) is 9.55 Å². The first-order valence-corrected chi connectivity index (χ1v) is 5.60. The van der Waals surface area contributed by atoms with Crippen LogP contribution < -0.4 is 11.2 Å². The third-order valence-electron chi connectivity index (χ3n) is 2.78. The van der Waals surface area contributed by atoms with Gasteiger partial charge in [-0.2, -0.15) is 0 Å². The number of carbonyl (C=O) groups excluding carboxylic acids is 1. The molecule has 0 bridgehead atoms. The topological polar surface area (TPSA) is 141 Å². The van der Waals surface area contributed by atoms with Gasteiger partial charge in [-0.3, -0.25) is 14.2 Å². The predicted octanol–water partition coefficient (Wildman–Crippen LogP) is -0.822. The van der Waals surface area contributed by atoms with E-state index in [4.69, 9.17) is 5.11 Å². The Morgan fingerprint density at radius 1 is 1.14 bits per heavy atom. The fourth-order valence-electron chi connectivity index (χ4n) is 1.73. The number of carbonyl (C=O) groups is 2. The summed E-state index contributed by atoms with van der Waals surface area (Å²) in [5, 5.41) is 9.03. The number of aromatic nitrogens is 2. The first kappa shape index (κ1) is 16.1. The van der Waals surface area contributed by atoms with Crippen LogP contribution in [0.3, 0.4) is 0 Å². The van der Waals surface area contributed by atoms with Gasteiger partial charge >= 0.3 is 11.7 Å². The molecule has 4 N–H and O–H groups in total. The minimum absolute atomic E-state index is 0. The summed E-state index contributed by atoms with van der Waals surface area (Å²) >= 11 is 0. The lowest BCUT2D eigenvalue weighted by Crippen LogP contribution is -2.39. The standard InChI is InChI=1S/C13H10N2O5.H2O/c1-15-11(17)8(9(12(18)19)14-13(15)20)10(16)7-5-3-2-4-6-7;/h2-6H,1H3,(H,14,20)(H,18,19);1H2. The number of nitrogens with zero attached hydrogens (tertiary/aromatic N) is 1. The molecular weight excluding hydrogens is 280 g/mol. The zero-order valence-corrected chi connectivity index (χ0v) is 10.9. The molecule has 110 valence electrons. The first-order chi connectivity index (χ1) is 9.43. The van der Waals surface area contributed by atoms with E-state index in [0.717, 1.165) is 7.05 Å². The Morgan fingerprint density at radius 2 is 1.71 bits per heavy atom. The summed E-state index contributed by atoms with van der Waals surface area (Å²) in [6.07, 6.45) is 0. The van der Waals surface area contributed by atoms with Gasteiger partial charge in [0.15, 0.2) is 0 Å². The quantitative estimate of drug-likeness (QED) is 0.711. The van der Waals surface area contributed by atoms with Crippen LogP contribution in [0.1, 0.15) is 26.4 Å². The molecule has 0 atom stereocenters. The van der Waals surface area contributed by atoms with E-state index in [0.29, 0.717) is 4.57 Å². The van der Waals surface area contributed by atoms with Crippen molar-refractivity contribution in [3.8, 4) is 0 Å². The number of nitrogens with one attached hydrogen (secondary N) is 1. The molecule has 1 aromatic heterocycles. The molecule has 0 amide bonds. The van der Waals surface area contributed by atoms with Crippen molar-refractivity contribution in [1.29, 1.82) is 0 Å². The van der Waals surface area contributed by atoms with Crippen LogP contribution in [-0.4, -0.2) is 31.9 Å². The van der Waals surface area contributed by atoms with E-state index in [9.17, 15) is 19.2 Å². The average Bonchev–Trinajstić information content (AvgIpc) is 2.44. The van der Waals surface area contributed by atoms with Crippen LogP contribution in [0, 0.1) is 0 Å². The van der Waals surface area contributed by atoms with E-state index in [1.54, 1.807) is 18.2 Å². The first-order valence-electron chi connectivity index (χ1n) is 5.60. The van der Waals surface area contributed by atoms with Crippen LogP contribution in [0.25, 0.3) is 0 Å². The number of aromatic amines is 1. The smallest absolute Gasteiger partial charge is 0.353 e. The van der Waals surface area contributed by atoms with Crippen molar-refractivity contribution in [3.63, 3.8) is 0 Å². The van der Waals surface area contributed by atoms with Crippen LogP contribution >= 0.6 is 0 Å². The number of hydrogen-bond acceptors (Lipinski definition) is 4. The van der Waals surface area contributed by atoms with Gasteiger partial charge in [0.1, 0.15) is 11.3 Å². The maximum Gasteiger partial charge on any atom is 0.353 e. The fraction of sp³-hybridized carbons (Fsp3) is 0.0769. The van der Waals surface area contributed by atoms with Crippen LogP contribution in [0.15, 0.2) is 39.9 Å². The Hall–Kier alpha value is -3.00. The molecule has 0 aliphatic rings.